The number of benzene rings is 3. The minimum Gasteiger partial charge on any atom is -0.497 e. The fraction of sp³-hybridized carbons (Fsp3) is 0.130. The molecular formula is C23H21NO3S. The van der Waals surface area contributed by atoms with Crippen LogP contribution in [0.5, 0.6) is 5.75 Å². The zero-order valence-electron chi connectivity index (χ0n) is 16.0. The Morgan fingerprint density at radius 3 is 2.11 bits per heavy atom. The van der Waals surface area contributed by atoms with Gasteiger partial charge in [-0.15, -0.1) is 0 Å². The summed E-state index contributed by atoms with van der Waals surface area (Å²) in [5, 5.41) is 0.920. The van der Waals surface area contributed by atoms with Crippen LogP contribution in [0.25, 0.3) is 22.2 Å². The molecule has 0 fully saturated rings. The average molecular weight is 391 g/mol. The summed E-state index contributed by atoms with van der Waals surface area (Å²) in [6.07, 6.45) is 0. The molecule has 0 amide bonds. The van der Waals surface area contributed by atoms with Gasteiger partial charge in [-0.1, -0.05) is 35.9 Å². The van der Waals surface area contributed by atoms with Crippen LogP contribution in [-0.4, -0.2) is 19.5 Å². The standard InChI is InChI=1S/C23H21NO3S/c1-16-8-14-20(15-9-16)28(25,26)24-22-7-5-4-6-21(22)17(2)23(24)18-10-12-19(27-3)13-11-18/h4-15H,1-3H3. The van der Waals surface area contributed by atoms with Gasteiger partial charge in [0.15, 0.2) is 0 Å². The van der Waals surface area contributed by atoms with E-state index in [4.69, 9.17) is 4.74 Å². The van der Waals surface area contributed by atoms with Crippen molar-refractivity contribution in [3.63, 3.8) is 0 Å². The van der Waals surface area contributed by atoms with Gasteiger partial charge in [0.25, 0.3) is 10.0 Å². The van der Waals surface area contributed by atoms with E-state index < -0.39 is 10.0 Å². The van der Waals surface area contributed by atoms with Crippen molar-refractivity contribution in [2.24, 2.45) is 0 Å². The Kier molecular flexibility index (Phi) is 4.47. The molecule has 0 aliphatic rings. The van der Waals surface area contributed by atoms with Crippen LogP contribution in [-0.2, 0) is 10.0 Å². The first-order valence-corrected chi connectivity index (χ1v) is 10.4. The van der Waals surface area contributed by atoms with Gasteiger partial charge in [0.05, 0.1) is 23.2 Å². The molecule has 1 heterocycles. The lowest BCUT2D eigenvalue weighted by molar-refractivity contribution is 0.415. The van der Waals surface area contributed by atoms with Gasteiger partial charge in [0.2, 0.25) is 0 Å². The fourth-order valence-electron chi connectivity index (χ4n) is 3.52. The highest BCUT2D eigenvalue weighted by molar-refractivity contribution is 7.90. The summed E-state index contributed by atoms with van der Waals surface area (Å²) in [6.45, 7) is 3.90. The molecule has 4 aromatic rings. The second-order valence-electron chi connectivity index (χ2n) is 6.80. The third-order valence-corrected chi connectivity index (χ3v) is 6.74. The zero-order valence-corrected chi connectivity index (χ0v) is 16.8. The molecule has 28 heavy (non-hydrogen) atoms. The van der Waals surface area contributed by atoms with E-state index in [-0.39, 0.29) is 4.90 Å². The van der Waals surface area contributed by atoms with Crippen LogP contribution in [0.15, 0.2) is 77.7 Å². The van der Waals surface area contributed by atoms with E-state index in [2.05, 4.69) is 0 Å². The topological polar surface area (TPSA) is 48.3 Å². The highest BCUT2D eigenvalue weighted by Crippen LogP contribution is 2.36. The first-order valence-electron chi connectivity index (χ1n) is 9.00. The van der Waals surface area contributed by atoms with E-state index in [1.807, 2.05) is 74.5 Å². The Balaban J connectivity index is 2.05. The fourth-order valence-corrected chi connectivity index (χ4v) is 5.11. The van der Waals surface area contributed by atoms with Gasteiger partial charge in [0, 0.05) is 5.39 Å². The third kappa shape index (κ3) is 2.88. The van der Waals surface area contributed by atoms with Crippen LogP contribution in [0.1, 0.15) is 11.1 Å². The maximum Gasteiger partial charge on any atom is 0.268 e. The molecule has 3 aromatic carbocycles. The third-order valence-electron chi connectivity index (χ3n) is 5.01. The number of hydrogen-bond donors (Lipinski definition) is 0. The minimum atomic E-state index is -3.77. The maximum atomic E-state index is 13.6. The van der Waals surface area contributed by atoms with Crippen molar-refractivity contribution >= 4 is 20.9 Å². The highest BCUT2D eigenvalue weighted by atomic mass is 32.2. The summed E-state index contributed by atoms with van der Waals surface area (Å²) in [4.78, 5) is 0.272. The minimum absolute atomic E-state index is 0.272. The number of fused-ring (bicyclic) bond motifs is 1. The number of ether oxygens (including phenoxy) is 1. The lowest BCUT2D eigenvalue weighted by Gasteiger charge is -2.13. The summed E-state index contributed by atoms with van der Waals surface area (Å²) in [5.74, 6) is 0.727. The molecule has 0 atom stereocenters. The molecule has 142 valence electrons. The normalized spacial score (nSPS) is 11.7. The van der Waals surface area contributed by atoms with Crippen LogP contribution < -0.4 is 4.74 Å². The van der Waals surface area contributed by atoms with Crippen LogP contribution >= 0.6 is 0 Å². The second-order valence-corrected chi connectivity index (χ2v) is 8.59. The molecule has 4 nitrogen and oxygen atoms in total. The number of hydrogen-bond acceptors (Lipinski definition) is 3. The summed E-state index contributed by atoms with van der Waals surface area (Å²) in [6, 6.07) is 22.0. The lowest BCUT2D eigenvalue weighted by atomic mass is 10.1. The quantitative estimate of drug-likeness (QED) is 0.482. The van der Waals surface area contributed by atoms with E-state index in [1.165, 1.54) is 3.97 Å². The smallest absolute Gasteiger partial charge is 0.268 e. The van der Waals surface area contributed by atoms with Crippen LogP contribution in [0.4, 0.5) is 0 Å². The van der Waals surface area contributed by atoms with Gasteiger partial charge >= 0.3 is 0 Å². The number of para-hydroxylation sites is 1. The summed E-state index contributed by atoms with van der Waals surface area (Å²) in [5.41, 5.74) is 4.11. The Hall–Kier alpha value is -3.05. The Bertz CT molecular complexity index is 1250. The molecule has 0 N–H and O–H groups in total. The van der Waals surface area contributed by atoms with Gasteiger partial charge in [0.1, 0.15) is 5.75 Å². The van der Waals surface area contributed by atoms with E-state index in [0.717, 1.165) is 27.8 Å². The van der Waals surface area contributed by atoms with Crippen LogP contribution in [0.2, 0.25) is 0 Å². The number of methoxy groups -OCH3 is 1. The van der Waals surface area contributed by atoms with Gasteiger partial charge in [-0.3, -0.25) is 0 Å². The number of rotatable bonds is 4. The second kappa shape index (κ2) is 6.84. The molecule has 0 saturated carbocycles. The van der Waals surface area contributed by atoms with Crippen LogP contribution in [0.3, 0.4) is 0 Å². The van der Waals surface area contributed by atoms with E-state index in [9.17, 15) is 8.42 Å². The summed E-state index contributed by atoms with van der Waals surface area (Å²) in [7, 11) is -2.16. The number of nitrogens with zero attached hydrogens (tertiary/aromatic N) is 1. The molecule has 0 saturated heterocycles. The number of aryl methyl sites for hydroxylation is 2. The SMILES string of the molecule is COc1ccc(-c2c(C)c3ccccc3n2S(=O)(=O)c2ccc(C)cc2)cc1. The predicted molar refractivity (Wildman–Crippen MR) is 112 cm³/mol. The van der Waals surface area contributed by atoms with Gasteiger partial charge in [-0.25, -0.2) is 12.4 Å². The Morgan fingerprint density at radius 2 is 1.46 bits per heavy atom. The molecule has 0 spiro atoms. The van der Waals surface area contributed by atoms with Crippen molar-refractivity contribution in [1.82, 2.24) is 3.97 Å². The van der Waals surface area contributed by atoms with Crippen LogP contribution in [0, 0.1) is 13.8 Å². The van der Waals surface area contributed by atoms with Crippen molar-refractivity contribution in [1.29, 1.82) is 0 Å². The van der Waals surface area contributed by atoms with Gasteiger partial charge in [-0.2, -0.15) is 0 Å². The highest BCUT2D eigenvalue weighted by Gasteiger charge is 2.26. The van der Waals surface area contributed by atoms with Gasteiger partial charge < -0.3 is 4.74 Å². The van der Waals surface area contributed by atoms with E-state index >= 15 is 0 Å². The summed E-state index contributed by atoms with van der Waals surface area (Å²) < 4.78 is 34.0. The van der Waals surface area contributed by atoms with Gasteiger partial charge in [-0.05, 0) is 67.4 Å². The van der Waals surface area contributed by atoms with Crippen molar-refractivity contribution in [3.05, 3.63) is 83.9 Å². The molecule has 0 aliphatic carbocycles. The molecule has 0 radical (unpaired) electrons. The lowest BCUT2D eigenvalue weighted by Crippen LogP contribution is -2.14. The molecule has 0 unspecified atom stereocenters. The molecular weight excluding hydrogens is 370 g/mol. The Labute approximate surface area is 165 Å². The monoisotopic (exact) mass is 391 g/mol. The number of aromatic nitrogens is 1. The molecule has 4 rings (SSSR count). The van der Waals surface area contributed by atoms with Crippen molar-refractivity contribution in [3.8, 4) is 17.0 Å². The Morgan fingerprint density at radius 1 is 0.821 bits per heavy atom. The van der Waals surface area contributed by atoms with E-state index in [0.29, 0.717) is 11.2 Å². The molecule has 5 heteroatoms. The van der Waals surface area contributed by atoms with Crippen molar-refractivity contribution < 1.29 is 13.2 Å². The largest absolute Gasteiger partial charge is 0.497 e. The zero-order chi connectivity index (χ0) is 19.9. The van der Waals surface area contributed by atoms with Crippen molar-refractivity contribution in [2.75, 3.05) is 7.11 Å². The maximum absolute atomic E-state index is 13.6. The first kappa shape index (κ1) is 18.3. The van der Waals surface area contributed by atoms with E-state index in [1.54, 1.807) is 19.2 Å². The first-order chi connectivity index (χ1) is 13.4. The molecule has 0 aliphatic heterocycles. The van der Waals surface area contributed by atoms with Crippen molar-refractivity contribution in [2.45, 2.75) is 18.7 Å². The molecule has 1 aromatic heterocycles. The predicted octanol–water partition coefficient (Wildman–Crippen LogP) is 5.17. The summed E-state index contributed by atoms with van der Waals surface area (Å²) >= 11 is 0. The molecule has 0 bridgehead atoms. The average Bonchev–Trinajstić information content (AvgIpc) is 3.02.